The lowest BCUT2D eigenvalue weighted by Gasteiger charge is -2.20. The number of tetrazole rings is 1. The van der Waals surface area contributed by atoms with Crippen molar-refractivity contribution in [1.29, 1.82) is 0 Å². The summed E-state index contributed by atoms with van der Waals surface area (Å²) in [5, 5.41) is 16.7. The van der Waals surface area contributed by atoms with E-state index in [0.717, 1.165) is 43.3 Å². The average molecular weight is 387 g/mol. The van der Waals surface area contributed by atoms with Crippen LogP contribution >= 0.6 is 0 Å². The van der Waals surface area contributed by atoms with Crippen molar-refractivity contribution < 1.29 is 4.79 Å². The lowest BCUT2D eigenvalue weighted by atomic mass is 10.2. The summed E-state index contributed by atoms with van der Waals surface area (Å²) < 4.78 is 3.73. The molecule has 2 aromatic rings. The van der Waals surface area contributed by atoms with E-state index in [-0.39, 0.29) is 18.5 Å². The van der Waals surface area contributed by atoms with E-state index in [1.165, 1.54) is 25.7 Å². The Kier molecular flexibility index (Phi) is 5.70. The van der Waals surface area contributed by atoms with Crippen LogP contribution in [0.1, 0.15) is 55.4 Å². The number of nitrogens with zero attached hydrogens (tertiary/aromatic N) is 8. The first-order chi connectivity index (χ1) is 13.6. The number of carbonyl (C=O) groups excluding carboxylic acids is 1. The van der Waals surface area contributed by atoms with Crippen LogP contribution in [0.2, 0.25) is 0 Å². The summed E-state index contributed by atoms with van der Waals surface area (Å²) in [7, 11) is 0. The molecule has 152 valence electrons. The van der Waals surface area contributed by atoms with Gasteiger partial charge in [0.15, 0.2) is 5.82 Å². The molecule has 28 heavy (non-hydrogen) atoms. The van der Waals surface area contributed by atoms with Crippen LogP contribution in [0.15, 0.2) is 6.07 Å². The monoisotopic (exact) mass is 386 g/mol. The van der Waals surface area contributed by atoms with Crippen molar-refractivity contribution in [1.82, 2.24) is 39.8 Å². The number of aromatic nitrogens is 6. The Hall–Kier alpha value is -2.29. The van der Waals surface area contributed by atoms with Crippen molar-refractivity contribution in [3.05, 3.63) is 23.3 Å². The molecule has 0 N–H and O–H groups in total. The van der Waals surface area contributed by atoms with Crippen LogP contribution < -0.4 is 0 Å². The van der Waals surface area contributed by atoms with Crippen molar-refractivity contribution in [3.63, 3.8) is 0 Å². The molecule has 2 aliphatic heterocycles. The standard InChI is InChI=1S/C19H30N8O/c1-15-11-16(2)27(21-15)17-7-10-25(12-17)19(28)14-26-18(20-22-23-26)13-24-8-5-3-4-6-9-24/h11,17H,3-10,12-14H2,1-2H3. The van der Waals surface area contributed by atoms with Crippen LogP contribution in [0.4, 0.5) is 0 Å². The fourth-order valence-electron chi connectivity index (χ4n) is 4.37. The molecule has 4 rings (SSSR count). The van der Waals surface area contributed by atoms with Gasteiger partial charge in [0.05, 0.1) is 18.3 Å². The lowest BCUT2D eigenvalue weighted by molar-refractivity contribution is -0.131. The summed E-state index contributed by atoms with van der Waals surface area (Å²) in [4.78, 5) is 17.2. The smallest absolute Gasteiger partial charge is 0.244 e. The van der Waals surface area contributed by atoms with Gasteiger partial charge in [-0.15, -0.1) is 5.10 Å². The van der Waals surface area contributed by atoms with Gasteiger partial charge in [-0.2, -0.15) is 5.10 Å². The van der Waals surface area contributed by atoms with Crippen LogP contribution in [0.5, 0.6) is 0 Å². The van der Waals surface area contributed by atoms with Crippen molar-refractivity contribution in [2.75, 3.05) is 26.2 Å². The van der Waals surface area contributed by atoms with Gasteiger partial charge in [0.1, 0.15) is 6.54 Å². The molecule has 0 aromatic carbocycles. The molecule has 2 fully saturated rings. The summed E-state index contributed by atoms with van der Waals surface area (Å²) >= 11 is 0. The van der Waals surface area contributed by atoms with Crippen LogP contribution in [0.3, 0.4) is 0 Å². The Morgan fingerprint density at radius 2 is 1.93 bits per heavy atom. The number of hydrogen-bond donors (Lipinski definition) is 0. The zero-order valence-corrected chi connectivity index (χ0v) is 16.9. The first kappa shape index (κ1) is 19.0. The van der Waals surface area contributed by atoms with E-state index in [0.29, 0.717) is 13.1 Å². The van der Waals surface area contributed by atoms with E-state index in [9.17, 15) is 4.79 Å². The molecule has 1 amide bonds. The molecule has 4 heterocycles. The fraction of sp³-hybridized carbons (Fsp3) is 0.737. The minimum absolute atomic E-state index is 0.0773. The van der Waals surface area contributed by atoms with E-state index in [1.807, 2.05) is 11.8 Å². The third kappa shape index (κ3) is 4.24. The average Bonchev–Trinajstić information content (AvgIpc) is 3.33. The first-order valence-corrected chi connectivity index (χ1v) is 10.4. The van der Waals surface area contributed by atoms with Gasteiger partial charge in [-0.3, -0.25) is 14.4 Å². The Morgan fingerprint density at radius 3 is 2.64 bits per heavy atom. The molecule has 0 radical (unpaired) electrons. The van der Waals surface area contributed by atoms with E-state index in [4.69, 9.17) is 0 Å². The Bertz CT molecular complexity index is 805. The van der Waals surface area contributed by atoms with E-state index in [1.54, 1.807) is 4.68 Å². The topological polar surface area (TPSA) is 85.0 Å². The highest BCUT2D eigenvalue weighted by Crippen LogP contribution is 2.23. The molecule has 1 atom stereocenters. The third-order valence-corrected chi connectivity index (χ3v) is 5.86. The van der Waals surface area contributed by atoms with Gasteiger partial charge in [0, 0.05) is 18.8 Å². The molecule has 0 bridgehead atoms. The van der Waals surface area contributed by atoms with Crippen molar-refractivity contribution >= 4 is 5.91 Å². The molecule has 2 saturated heterocycles. The fourth-order valence-corrected chi connectivity index (χ4v) is 4.37. The number of aryl methyl sites for hydroxylation is 2. The zero-order chi connectivity index (χ0) is 19.5. The van der Waals surface area contributed by atoms with Gasteiger partial charge < -0.3 is 4.90 Å². The van der Waals surface area contributed by atoms with Crippen LogP contribution in [0, 0.1) is 13.8 Å². The molecule has 9 heteroatoms. The predicted molar refractivity (Wildman–Crippen MR) is 103 cm³/mol. The highest BCUT2D eigenvalue weighted by Gasteiger charge is 2.29. The number of amides is 1. The molecular formula is C19H30N8O. The van der Waals surface area contributed by atoms with Crippen molar-refractivity contribution in [3.8, 4) is 0 Å². The van der Waals surface area contributed by atoms with Crippen molar-refractivity contribution in [2.24, 2.45) is 0 Å². The molecule has 0 aliphatic carbocycles. The predicted octanol–water partition coefficient (Wildman–Crippen LogP) is 1.34. The van der Waals surface area contributed by atoms with Crippen molar-refractivity contribution in [2.45, 2.75) is 65.1 Å². The second-order valence-corrected chi connectivity index (χ2v) is 8.10. The van der Waals surface area contributed by atoms with Gasteiger partial charge in [-0.25, -0.2) is 4.68 Å². The molecule has 0 saturated carbocycles. The molecule has 2 aliphatic rings. The van der Waals surface area contributed by atoms with Crippen LogP contribution in [-0.4, -0.2) is 71.9 Å². The maximum Gasteiger partial charge on any atom is 0.244 e. The lowest BCUT2D eigenvalue weighted by Crippen LogP contribution is -2.34. The highest BCUT2D eigenvalue weighted by molar-refractivity contribution is 5.76. The molecule has 1 unspecified atom stereocenters. The van der Waals surface area contributed by atoms with Gasteiger partial charge >= 0.3 is 0 Å². The Labute approximate surface area is 165 Å². The van der Waals surface area contributed by atoms with E-state index in [2.05, 4.69) is 43.2 Å². The van der Waals surface area contributed by atoms with E-state index < -0.39 is 0 Å². The summed E-state index contributed by atoms with van der Waals surface area (Å²) in [5.74, 6) is 0.859. The Balaban J connectivity index is 1.35. The molecule has 9 nitrogen and oxygen atoms in total. The van der Waals surface area contributed by atoms with Crippen LogP contribution in [0.25, 0.3) is 0 Å². The normalized spacial score (nSPS) is 21.2. The summed E-state index contributed by atoms with van der Waals surface area (Å²) in [6.45, 7) is 8.62. The minimum atomic E-state index is 0.0773. The largest absolute Gasteiger partial charge is 0.339 e. The maximum atomic E-state index is 12.8. The number of rotatable bonds is 5. The number of likely N-dealkylation sites (tertiary alicyclic amines) is 2. The summed E-state index contributed by atoms with van der Waals surface area (Å²) in [5.41, 5.74) is 2.17. The van der Waals surface area contributed by atoms with Gasteiger partial charge in [0.25, 0.3) is 0 Å². The van der Waals surface area contributed by atoms with Gasteiger partial charge in [0.2, 0.25) is 5.91 Å². The maximum absolute atomic E-state index is 12.8. The summed E-state index contributed by atoms with van der Waals surface area (Å²) in [6.07, 6.45) is 5.98. The molecule has 2 aromatic heterocycles. The van der Waals surface area contributed by atoms with Gasteiger partial charge in [-0.05, 0) is 62.7 Å². The van der Waals surface area contributed by atoms with E-state index >= 15 is 0 Å². The second kappa shape index (κ2) is 8.38. The minimum Gasteiger partial charge on any atom is -0.339 e. The summed E-state index contributed by atoms with van der Waals surface area (Å²) in [6, 6.07) is 2.34. The molecule has 0 spiro atoms. The SMILES string of the molecule is Cc1cc(C)n(C2CCN(C(=O)Cn3nnnc3CN3CCCCCC3)C2)n1. The molecular weight excluding hydrogens is 356 g/mol. The zero-order valence-electron chi connectivity index (χ0n) is 16.9. The number of carbonyl (C=O) groups is 1. The first-order valence-electron chi connectivity index (χ1n) is 10.4. The Morgan fingerprint density at radius 1 is 1.14 bits per heavy atom. The highest BCUT2D eigenvalue weighted by atomic mass is 16.2. The quantitative estimate of drug-likeness (QED) is 0.771. The van der Waals surface area contributed by atoms with Gasteiger partial charge in [-0.1, -0.05) is 12.8 Å². The third-order valence-electron chi connectivity index (χ3n) is 5.86. The second-order valence-electron chi connectivity index (χ2n) is 8.10. The van der Waals surface area contributed by atoms with Crippen LogP contribution in [-0.2, 0) is 17.9 Å². The number of hydrogen-bond acceptors (Lipinski definition) is 6.